The summed E-state index contributed by atoms with van der Waals surface area (Å²) in [4.78, 5) is 11.7. The number of nitrogens with one attached hydrogen (secondary N) is 2. The molecule has 2 rings (SSSR count). The molecule has 0 saturated heterocycles. The minimum atomic E-state index is -0.00909. The molecule has 0 aromatic heterocycles. The van der Waals surface area contributed by atoms with E-state index in [1.54, 1.807) is 0 Å². The van der Waals surface area contributed by atoms with Gasteiger partial charge in [0.2, 0.25) is 5.91 Å². The number of benzene rings is 2. The van der Waals surface area contributed by atoms with Crippen molar-refractivity contribution in [3.05, 3.63) is 59.7 Å². The first-order valence-electron chi connectivity index (χ1n) is 7.40. The van der Waals surface area contributed by atoms with Crippen molar-refractivity contribution < 1.29 is 9.53 Å². The lowest BCUT2D eigenvalue weighted by molar-refractivity contribution is -0.116. The third kappa shape index (κ3) is 5.22. The summed E-state index contributed by atoms with van der Waals surface area (Å²) in [5.74, 6) is 0.734. The van der Waals surface area contributed by atoms with Crippen LogP contribution < -0.4 is 15.4 Å². The fourth-order valence-electron chi connectivity index (χ4n) is 2.09. The predicted molar refractivity (Wildman–Crippen MR) is 89.1 cm³/mol. The Kier molecular flexibility index (Phi) is 5.98. The lowest BCUT2D eigenvalue weighted by atomic mass is 10.1. The van der Waals surface area contributed by atoms with Gasteiger partial charge in [0.05, 0.1) is 0 Å². The van der Waals surface area contributed by atoms with Crippen LogP contribution in [0.2, 0.25) is 0 Å². The Morgan fingerprint density at radius 3 is 2.73 bits per heavy atom. The number of rotatable bonds is 7. The largest absolute Gasteiger partial charge is 0.489 e. The Bertz CT molecular complexity index is 626. The maximum absolute atomic E-state index is 11.7. The number of hydrogen-bond donors (Lipinski definition) is 2. The van der Waals surface area contributed by atoms with Crippen molar-refractivity contribution in [3.63, 3.8) is 0 Å². The minimum Gasteiger partial charge on any atom is -0.489 e. The molecule has 1 amide bonds. The van der Waals surface area contributed by atoms with Crippen LogP contribution in [0.5, 0.6) is 5.75 Å². The van der Waals surface area contributed by atoms with Gasteiger partial charge in [0.1, 0.15) is 12.4 Å². The molecule has 0 spiro atoms. The number of amides is 1. The van der Waals surface area contributed by atoms with E-state index in [1.807, 2.05) is 43.4 Å². The molecule has 4 nitrogen and oxygen atoms in total. The Morgan fingerprint density at radius 1 is 1.14 bits per heavy atom. The summed E-state index contributed by atoms with van der Waals surface area (Å²) in [6.45, 7) is 3.24. The molecule has 22 heavy (non-hydrogen) atoms. The van der Waals surface area contributed by atoms with Gasteiger partial charge in [-0.15, -0.1) is 0 Å². The average Bonchev–Trinajstić information content (AvgIpc) is 2.51. The molecule has 0 atom stereocenters. The third-order valence-electron chi connectivity index (χ3n) is 3.21. The fraction of sp³-hybridized carbons (Fsp3) is 0.278. The van der Waals surface area contributed by atoms with E-state index in [2.05, 4.69) is 29.7 Å². The Labute approximate surface area is 131 Å². The van der Waals surface area contributed by atoms with E-state index in [0.29, 0.717) is 19.6 Å². The molecular weight excluding hydrogens is 276 g/mol. The molecule has 0 radical (unpaired) electrons. The number of carbonyl (C=O) groups excluding carboxylic acids is 1. The van der Waals surface area contributed by atoms with Gasteiger partial charge in [-0.3, -0.25) is 4.79 Å². The van der Waals surface area contributed by atoms with Crippen LogP contribution in [-0.2, 0) is 11.4 Å². The number of aryl methyl sites for hydroxylation is 1. The molecule has 2 aromatic carbocycles. The van der Waals surface area contributed by atoms with E-state index in [4.69, 9.17) is 4.74 Å². The van der Waals surface area contributed by atoms with Gasteiger partial charge in [-0.1, -0.05) is 35.9 Å². The van der Waals surface area contributed by atoms with E-state index < -0.39 is 0 Å². The van der Waals surface area contributed by atoms with Crippen LogP contribution in [0.4, 0.5) is 5.69 Å². The van der Waals surface area contributed by atoms with E-state index in [0.717, 1.165) is 17.0 Å². The van der Waals surface area contributed by atoms with Gasteiger partial charge in [0.25, 0.3) is 0 Å². The summed E-state index contributed by atoms with van der Waals surface area (Å²) in [7, 11) is 1.83. The third-order valence-corrected chi connectivity index (χ3v) is 3.21. The molecule has 0 aliphatic carbocycles. The molecule has 0 heterocycles. The van der Waals surface area contributed by atoms with Crippen molar-refractivity contribution in [2.24, 2.45) is 0 Å². The zero-order valence-electron chi connectivity index (χ0n) is 13.1. The summed E-state index contributed by atoms with van der Waals surface area (Å²) in [6.07, 6.45) is 0.449. The van der Waals surface area contributed by atoms with E-state index in [1.165, 1.54) is 5.56 Å². The summed E-state index contributed by atoms with van der Waals surface area (Å²) in [6, 6.07) is 15.7. The topological polar surface area (TPSA) is 50.4 Å². The molecule has 0 aliphatic heterocycles. The van der Waals surface area contributed by atoms with Crippen LogP contribution in [0.3, 0.4) is 0 Å². The lowest BCUT2D eigenvalue weighted by Gasteiger charge is -2.10. The Hall–Kier alpha value is -2.33. The van der Waals surface area contributed by atoms with Crippen molar-refractivity contribution in [2.45, 2.75) is 20.0 Å². The van der Waals surface area contributed by atoms with Gasteiger partial charge in [0, 0.05) is 24.7 Å². The molecular formula is C18H22N2O2. The molecule has 0 saturated carbocycles. The second kappa shape index (κ2) is 8.20. The van der Waals surface area contributed by atoms with Gasteiger partial charge >= 0.3 is 0 Å². The van der Waals surface area contributed by atoms with Gasteiger partial charge in [0.15, 0.2) is 0 Å². The number of hydrogen-bond acceptors (Lipinski definition) is 3. The van der Waals surface area contributed by atoms with Crippen molar-refractivity contribution >= 4 is 11.6 Å². The normalized spacial score (nSPS) is 10.3. The minimum absolute atomic E-state index is 0.00909. The Balaban J connectivity index is 1.92. The molecule has 2 aromatic rings. The number of carbonyl (C=O) groups is 1. The van der Waals surface area contributed by atoms with E-state index >= 15 is 0 Å². The van der Waals surface area contributed by atoms with Crippen LogP contribution >= 0.6 is 0 Å². The highest BCUT2D eigenvalue weighted by molar-refractivity contribution is 5.90. The van der Waals surface area contributed by atoms with Crippen LogP contribution in [0.1, 0.15) is 17.5 Å². The van der Waals surface area contributed by atoms with Crippen molar-refractivity contribution in [1.82, 2.24) is 5.32 Å². The molecule has 0 bridgehead atoms. The molecule has 0 fully saturated rings. The van der Waals surface area contributed by atoms with Crippen LogP contribution in [0.25, 0.3) is 0 Å². The molecule has 2 N–H and O–H groups in total. The molecule has 0 unspecified atom stereocenters. The number of anilines is 1. The summed E-state index contributed by atoms with van der Waals surface area (Å²) >= 11 is 0. The summed E-state index contributed by atoms with van der Waals surface area (Å²) < 4.78 is 5.79. The SMILES string of the molecule is CNCCC(=O)Nc1cccc(OCc2cccc(C)c2)c1. The second-order valence-corrected chi connectivity index (χ2v) is 5.21. The van der Waals surface area contributed by atoms with Crippen molar-refractivity contribution in [2.75, 3.05) is 18.9 Å². The van der Waals surface area contributed by atoms with Gasteiger partial charge < -0.3 is 15.4 Å². The first-order chi connectivity index (χ1) is 10.7. The highest BCUT2D eigenvalue weighted by Gasteiger charge is 2.03. The quantitative estimate of drug-likeness (QED) is 0.825. The monoisotopic (exact) mass is 298 g/mol. The highest BCUT2D eigenvalue weighted by atomic mass is 16.5. The number of ether oxygens (including phenoxy) is 1. The zero-order chi connectivity index (χ0) is 15.8. The molecule has 0 aliphatic rings. The van der Waals surface area contributed by atoms with Crippen molar-refractivity contribution in [1.29, 1.82) is 0 Å². The summed E-state index contributed by atoms with van der Waals surface area (Å²) in [5.41, 5.74) is 3.10. The zero-order valence-corrected chi connectivity index (χ0v) is 13.1. The summed E-state index contributed by atoms with van der Waals surface area (Å²) in [5, 5.41) is 5.82. The van der Waals surface area contributed by atoms with Gasteiger partial charge in [-0.05, 0) is 31.7 Å². The van der Waals surface area contributed by atoms with Crippen LogP contribution in [-0.4, -0.2) is 19.5 Å². The maximum atomic E-state index is 11.7. The second-order valence-electron chi connectivity index (χ2n) is 5.21. The van der Waals surface area contributed by atoms with Gasteiger partial charge in [-0.25, -0.2) is 0 Å². The smallest absolute Gasteiger partial charge is 0.225 e. The predicted octanol–water partition coefficient (Wildman–Crippen LogP) is 3.12. The fourth-order valence-corrected chi connectivity index (χ4v) is 2.09. The average molecular weight is 298 g/mol. The standard InChI is InChI=1S/C18H22N2O2/c1-14-5-3-6-15(11-14)13-22-17-8-4-7-16(12-17)20-18(21)9-10-19-2/h3-8,11-12,19H,9-10,13H2,1-2H3,(H,20,21). The van der Waals surface area contributed by atoms with Crippen LogP contribution in [0.15, 0.2) is 48.5 Å². The van der Waals surface area contributed by atoms with E-state index in [9.17, 15) is 4.79 Å². The first kappa shape index (κ1) is 16.0. The van der Waals surface area contributed by atoms with Crippen LogP contribution in [0, 0.1) is 6.92 Å². The molecule has 116 valence electrons. The first-order valence-corrected chi connectivity index (χ1v) is 7.40. The van der Waals surface area contributed by atoms with Gasteiger partial charge in [-0.2, -0.15) is 0 Å². The highest BCUT2D eigenvalue weighted by Crippen LogP contribution is 2.19. The molecule has 4 heteroatoms. The lowest BCUT2D eigenvalue weighted by Crippen LogP contribution is -2.18. The van der Waals surface area contributed by atoms with E-state index in [-0.39, 0.29) is 5.91 Å². The Morgan fingerprint density at radius 2 is 1.95 bits per heavy atom. The van der Waals surface area contributed by atoms with Crippen molar-refractivity contribution in [3.8, 4) is 5.75 Å². The maximum Gasteiger partial charge on any atom is 0.225 e.